The highest BCUT2D eigenvalue weighted by molar-refractivity contribution is 5.95. The fourth-order valence-corrected chi connectivity index (χ4v) is 5.50. The number of nitrogens with one attached hydrogen (secondary N) is 1. The molecule has 3 N–H and O–H groups in total. The van der Waals surface area contributed by atoms with E-state index < -0.39 is 6.04 Å². The molecule has 2 unspecified atom stereocenters. The Bertz CT molecular complexity index is 919. The fourth-order valence-electron chi connectivity index (χ4n) is 5.50. The van der Waals surface area contributed by atoms with Crippen LogP contribution in [0.1, 0.15) is 68.1 Å². The van der Waals surface area contributed by atoms with Crippen molar-refractivity contribution < 1.29 is 19.1 Å². The molecule has 0 bridgehead atoms. The molecule has 184 valence electrons. The van der Waals surface area contributed by atoms with E-state index in [9.17, 15) is 14.4 Å². The molecule has 3 amide bonds. The minimum Gasteiger partial charge on any atom is -0.497 e. The molecule has 1 aromatic carbocycles. The van der Waals surface area contributed by atoms with E-state index in [1.54, 1.807) is 36.3 Å². The van der Waals surface area contributed by atoms with Crippen LogP contribution >= 0.6 is 0 Å². The Hall–Kier alpha value is -2.61. The van der Waals surface area contributed by atoms with Crippen LogP contribution in [0.25, 0.3) is 0 Å². The molecule has 8 nitrogen and oxygen atoms in total. The Balaban J connectivity index is 1.32. The lowest BCUT2D eigenvalue weighted by Gasteiger charge is -2.30. The summed E-state index contributed by atoms with van der Waals surface area (Å²) in [7, 11) is 1.60. The van der Waals surface area contributed by atoms with Crippen LogP contribution in [0.15, 0.2) is 24.3 Å². The van der Waals surface area contributed by atoms with Crippen molar-refractivity contribution in [1.29, 1.82) is 0 Å². The summed E-state index contributed by atoms with van der Waals surface area (Å²) in [5.41, 5.74) is 6.63. The summed E-state index contributed by atoms with van der Waals surface area (Å²) < 4.78 is 5.23. The van der Waals surface area contributed by atoms with Crippen molar-refractivity contribution in [2.24, 2.45) is 11.7 Å². The van der Waals surface area contributed by atoms with Crippen LogP contribution in [-0.4, -0.2) is 71.4 Å². The third-order valence-corrected chi connectivity index (χ3v) is 7.81. The number of methoxy groups -OCH3 is 1. The second kappa shape index (κ2) is 9.56. The van der Waals surface area contributed by atoms with Crippen molar-refractivity contribution in [2.45, 2.75) is 88.0 Å². The van der Waals surface area contributed by atoms with Gasteiger partial charge in [0.05, 0.1) is 13.2 Å². The van der Waals surface area contributed by atoms with Gasteiger partial charge in [0.1, 0.15) is 11.8 Å². The number of carbonyl (C=O) groups is 3. The van der Waals surface area contributed by atoms with Crippen molar-refractivity contribution >= 4 is 17.7 Å². The van der Waals surface area contributed by atoms with Crippen LogP contribution in [0.2, 0.25) is 0 Å². The first-order chi connectivity index (χ1) is 16.4. The van der Waals surface area contributed by atoms with Gasteiger partial charge in [-0.15, -0.1) is 0 Å². The maximum absolute atomic E-state index is 13.5. The van der Waals surface area contributed by atoms with E-state index in [2.05, 4.69) is 5.32 Å². The molecule has 1 saturated heterocycles. The van der Waals surface area contributed by atoms with Gasteiger partial charge in [-0.25, -0.2) is 0 Å². The molecule has 3 aliphatic carbocycles. The van der Waals surface area contributed by atoms with E-state index in [4.69, 9.17) is 10.5 Å². The number of amides is 3. The van der Waals surface area contributed by atoms with Crippen molar-refractivity contribution in [3.8, 4) is 5.75 Å². The van der Waals surface area contributed by atoms with E-state index in [-0.39, 0.29) is 47.8 Å². The van der Waals surface area contributed by atoms with Crippen LogP contribution in [-0.2, 0) is 9.59 Å². The molecule has 0 radical (unpaired) electrons. The van der Waals surface area contributed by atoms with Gasteiger partial charge < -0.3 is 25.6 Å². The number of nitrogens with zero attached hydrogens (tertiary/aromatic N) is 2. The van der Waals surface area contributed by atoms with E-state index in [0.717, 1.165) is 51.4 Å². The monoisotopic (exact) mass is 468 g/mol. The van der Waals surface area contributed by atoms with Crippen molar-refractivity contribution in [3.05, 3.63) is 29.8 Å². The largest absolute Gasteiger partial charge is 0.497 e. The predicted molar refractivity (Wildman–Crippen MR) is 127 cm³/mol. The van der Waals surface area contributed by atoms with Crippen LogP contribution in [0.3, 0.4) is 0 Å². The molecule has 0 spiro atoms. The molecule has 1 aromatic rings. The van der Waals surface area contributed by atoms with E-state index in [1.807, 2.05) is 4.90 Å². The quantitative estimate of drug-likeness (QED) is 0.637. The Morgan fingerprint density at radius 1 is 0.971 bits per heavy atom. The lowest BCUT2D eigenvalue weighted by molar-refractivity contribution is -0.139. The van der Waals surface area contributed by atoms with Crippen molar-refractivity contribution in [1.82, 2.24) is 15.1 Å². The molecule has 1 heterocycles. The number of benzene rings is 1. The molecule has 2 atom stereocenters. The first kappa shape index (κ1) is 23.1. The summed E-state index contributed by atoms with van der Waals surface area (Å²) in [4.78, 5) is 43.7. The third kappa shape index (κ3) is 4.92. The van der Waals surface area contributed by atoms with Crippen molar-refractivity contribution in [3.63, 3.8) is 0 Å². The molecule has 3 saturated carbocycles. The summed E-state index contributed by atoms with van der Waals surface area (Å²) in [6, 6.07) is 7.01. The standard InChI is InChI=1S/C26H36N4O4/c1-34-22-12-4-17(5-13-22)26(33)30(20-10-11-20)21-14-23(29(15-21)25(32)16-2-3-16)24(31)28-19-8-6-18(27)7-9-19/h4-5,12-13,16,18-21,23H,2-3,6-11,14-15,27H2,1H3,(H,28,31). The van der Waals surface area contributed by atoms with Crippen LogP contribution in [0.5, 0.6) is 5.75 Å². The summed E-state index contributed by atoms with van der Waals surface area (Å²) in [6.07, 6.45) is 7.80. The molecule has 4 fully saturated rings. The fraction of sp³-hybridized carbons (Fsp3) is 0.654. The Kier molecular flexibility index (Phi) is 6.51. The molecule has 8 heteroatoms. The number of nitrogens with two attached hydrogens (primary N) is 1. The van der Waals surface area contributed by atoms with Gasteiger partial charge in [-0.3, -0.25) is 14.4 Å². The van der Waals surface area contributed by atoms with E-state index in [1.165, 1.54) is 0 Å². The van der Waals surface area contributed by atoms with Gasteiger partial charge in [0.25, 0.3) is 5.91 Å². The minimum atomic E-state index is -0.515. The molecule has 4 aliphatic rings. The highest BCUT2D eigenvalue weighted by Crippen LogP contribution is 2.38. The summed E-state index contributed by atoms with van der Waals surface area (Å²) >= 11 is 0. The van der Waals surface area contributed by atoms with Gasteiger partial charge in [-0.2, -0.15) is 0 Å². The second-order valence-electron chi connectivity index (χ2n) is 10.5. The number of hydrogen-bond donors (Lipinski definition) is 2. The zero-order valence-electron chi connectivity index (χ0n) is 19.9. The number of ether oxygens (including phenoxy) is 1. The second-order valence-corrected chi connectivity index (χ2v) is 10.5. The SMILES string of the molecule is COc1ccc(C(=O)N(C2CC2)C2CC(C(=O)NC3CCC(N)CC3)N(C(=O)C3CC3)C2)cc1. The normalized spacial score (nSPS) is 28.9. The molecular formula is C26H36N4O4. The summed E-state index contributed by atoms with van der Waals surface area (Å²) in [6.45, 7) is 0.432. The minimum absolute atomic E-state index is 0.0312. The van der Waals surface area contributed by atoms with Gasteiger partial charge in [-0.05, 0) is 82.1 Å². The van der Waals surface area contributed by atoms with Crippen LogP contribution < -0.4 is 15.8 Å². The predicted octanol–water partition coefficient (Wildman–Crippen LogP) is 2.07. The molecule has 0 aromatic heterocycles. The van der Waals surface area contributed by atoms with Gasteiger partial charge >= 0.3 is 0 Å². The van der Waals surface area contributed by atoms with Gasteiger partial charge in [0, 0.05) is 36.2 Å². The number of carbonyl (C=O) groups excluding carboxylic acids is 3. The average molecular weight is 469 g/mol. The zero-order chi connectivity index (χ0) is 23.8. The molecular weight excluding hydrogens is 432 g/mol. The Morgan fingerprint density at radius 2 is 1.65 bits per heavy atom. The maximum atomic E-state index is 13.5. The number of likely N-dealkylation sites (tertiary alicyclic amines) is 1. The molecule has 1 aliphatic heterocycles. The highest BCUT2D eigenvalue weighted by atomic mass is 16.5. The lowest BCUT2D eigenvalue weighted by Crippen LogP contribution is -2.50. The summed E-state index contributed by atoms with van der Waals surface area (Å²) in [5.74, 6) is 0.701. The topological polar surface area (TPSA) is 105 Å². The first-order valence-electron chi connectivity index (χ1n) is 12.8. The first-order valence-corrected chi connectivity index (χ1v) is 12.8. The molecule has 34 heavy (non-hydrogen) atoms. The molecule has 5 rings (SSSR count). The lowest BCUT2D eigenvalue weighted by atomic mass is 9.91. The average Bonchev–Trinajstić information content (AvgIpc) is 3.78. The Morgan fingerprint density at radius 3 is 2.24 bits per heavy atom. The van der Waals surface area contributed by atoms with Crippen molar-refractivity contribution in [2.75, 3.05) is 13.7 Å². The number of hydrogen-bond acceptors (Lipinski definition) is 5. The van der Waals surface area contributed by atoms with Crippen LogP contribution in [0, 0.1) is 5.92 Å². The highest BCUT2D eigenvalue weighted by Gasteiger charge is 2.49. The van der Waals surface area contributed by atoms with Gasteiger partial charge in [-0.1, -0.05) is 0 Å². The maximum Gasteiger partial charge on any atom is 0.254 e. The van der Waals surface area contributed by atoms with Gasteiger partial charge in [0.2, 0.25) is 11.8 Å². The zero-order valence-corrected chi connectivity index (χ0v) is 19.9. The van der Waals surface area contributed by atoms with E-state index >= 15 is 0 Å². The Labute approximate surface area is 201 Å². The van der Waals surface area contributed by atoms with Gasteiger partial charge in [0.15, 0.2) is 0 Å². The third-order valence-electron chi connectivity index (χ3n) is 7.81. The van der Waals surface area contributed by atoms with Crippen LogP contribution in [0.4, 0.5) is 0 Å². The summed E-state index contributed by atoms with van der Waals surface area (Å²) in [5, 5.41) is 3.20. The smallest absolute Gasteiger partial charge is 0.254 e. The van der Waals surface area contributed by atoms with E-state index in [0.29, 0.717) is 24.3 Å². The number of rotatable bonds is 7.